The van der Waals surface area contributed by atoms with Gasteiger partial charge in [-0.25, -0.2) is 4.79 Å². The van der Waals surface area contributed by atoms with E-state index in [-0.39, 0.29) is 17.8 Å². The maximum Gasteiger partial charge on any atom is 0.337 e. The van der Waals surface area contributed by atoms with Crippen molar-refractivity contribution in [1.82, 2.24) is 5.32 Å². The zero-order valence-electron chi connectivity index (χ0n) is 14.0. The van der Waals surface area contributed by atoms with Gasteiger partial charge in [0.15, 0.2) is 0 Å². The Kier molecular flexibility index (Phi) is 6.52. The first-order chi connectivity index (χ1) is 12.5. The number of methoxy groups -OCH3 is 1. The van der Waals surface area contributed by atoms with Gasteiger partial charge < -0.3 is 15.8 Å². The SMILES string of the molecule is COC(=O)c1cccc(CNC(=O)/C(=C/C=O)c2ccc(Cl)cc2N)c1. The maximum absolute atomic E-state index is 12.5. The van der Waals surface area contributed by atoms with Gasteiger partial charge in [0.1, 0.15) is 6.29 Å². The normalized spacial score (nSPS) is 10.9. The lowest BCUT2D eigenvalue weighted by atomic mass is 10.0. The van der Waals surface area contributed by atoms with Crippen LogP contribution in [0.1, 0.15) is 21.5 Å². The first-order valence-electron chi connectivity index (χ1n) is 7.62. The summed E-state index contributed by atoms with van der Waals surface area (Å²) in [5, 5.41) is 3.13. The van der Waals surface area contributed by atoms with Gasteiger partial charge in [0.05, 0.1) is 18.2 Å². The fourth-order valence-electron chi connectivity index (χ4n) is 2.34. The van der Waals surface area contributed by atoms with Crippen LogP contribution in [-0.4, -0.2) is 25.3 Å². The molecule has 0 saturated carbocycles. The van der Waals surface area contributed by atoms with Crippen molar-refractivity contribution in [2.75, 3.05) is 12.8 Å². The first-order valence-corrected chi connectivity index (χ1v) is 8.00. The van der Waals surface area contributed by atoms with E-state index in [0.717, 1.165) is 6.08 Å². The minimum absolute atomic E-state index is 0.123. The van der Waals surface area contributed by atoms with Crippen LogP contribution in [0.5, 0.6) is 0 Å². The fourth-order valence-corrected chi connectivity index (χ4v) is 2.52. The molecule has 0 radical (unpaired) electrons. The molecule has 0 unspecified atom stereocenters. The number of hydrogen-bond donors (Lipinski definition) is 2. The Hall–Kier alpha value is -3.12. The van der Waals surface area contributed by atoms with E-state index in [1.807, 2.05) is 0 Å². The third-order valence-electron chi connectivity index (χ3n) is 3.58. The van der Waals surface area contributed by atoms with Crippen LogP contribution in [0.15, 0.2) is 48.5 Å². The van der Waals surface area contributed by atoms with E-state index in [1.54, 1.807) is 36.4 Å². The number of benzene rings is 2. The van der Waals surface area contributed by atoms with Crippen LogP contribution in [0.3, 0.4) is 0 Å². The average molecular weight is 373 g/mol. The summed E-state index contributed by atoms with van der Waals surface area (Å²) in [5.41, 5.74) is 7.79. The van der Waals surface area contributed by atoms with E-state index in [2.05, 4.69) is 10.1 Å². The zero-order chi connectivity index (χ0) is 19.1. The van der Waals surface area contributed by atoms with Crippen molar-refractivity contribution < 1.29 is 19.1 Å². The standard InChI is InChI=1S/C19H17ClN2O4/c1-26-19(25)13-4-2-3-12(9-13)11-22-18(24)16(7-8-23)15-6-5-14(20)10-17(15)21/h2-10H,11,21H2,1H3,(H,22,24)/b16-7+. The van der Waals surface area contributed by atoms with Crippen LogP contribution in [0.4, 0.5) is 5.69 Å². The lowest BCUT2D eigenvalue weighted by Crippen LogP contribution is -2.24. The quantitative estimate of drug-likeness (QED) is 0.351. The number of rotatable bonds is 6. The predicted octanol–water partition coefficient (Wildman–Crippen LogP) is 2.61. The smallest absolute Gasteiger partial charge is 0.337 e. The molecule has 6 nitrogen and oxygen atoms in total. The summed E-state index contributed by atoms with van der Waals surface area (Å²) in [6, 6.07) is 11.3. The number of allylic oxidation sites excluding steroid dienone is 1. The molecule has 0 atom stereocenters. The number of hydrogen-bond acceptors (Lipinski definition) is 5. The summed E-state index contributed by atoms with van der Waals surface area (Å²) in [7, 11) is 1.30. The van der Waals surface area contributed by atoms with Gasteiger partial charge in [0.2, 0.25) is 0 Å². The van der Waals surface area contributed by atoms with Crippen LogP contribution in [0.2, 0.25) is 5.02 Å². The molecule has 134 valence electrons. The number of carbonyl (C=O) groups excluding carboxylic acids is 3. The molecule has 1 amide bonds. The maximum atomic E-state index is 12.5. The Balaban J connectivity index is 2.18. The van der Waals surface area contributed by atoms with E-state index >= 15 is 0 Å². The van der Waals surface area contributed by atoms with Gasteiger partial charge in [-0.2, -0.15) is 0 Å². The second-order valence-electron chi connectivity index (χ2n) is 5.32. The Morgan fingerprint density at radius 3 is 2.65 bits per heavy atom. The summed E-state index contributed by atoms with van der Waals surface area (Å²) in [5.74, 6) is -0.941. The number of halogens is 1. The number of anilines is 1. The number of nitrogens with one attached hydrogen (secondary N) is 1. The third kappa shape index (κ3) is 4.70. The lowest BCUT2D eigenvalue weighted by molar-refractivity contribution is -0.116. The molecule has 0 spiro atoms. The molecule has 7 heteroatoms. The monoisotopic (exact) mass is 372 g/mol. The van der Waals surface area contributed by atoms with Crippen LogP contribution < -0.4 is 11.1 Å². The Morgan fingerprint density at radius 1 is 1.23 bits per heavy atom. The van der Waals surface area contributed by atoms with Crippen LogP contribution in [0, 0.1) is 0 Å². The van der Waals surface area contributed by atoms with Crippen LogP contribution in [-0.2, 0) is 20.9 Å². The molecule has 3 N–H and O–H groups in total. The minimum Gasteiger partial charge on any atom is -0.465 e. The third-order valence-corrected chi connectivity index (χ3v) is 3.82. The van der Waals surface area contributed by atoms with E-state index in [0.29, 0.717) is 28.0 Å². The number of aldehydes is 1. The van der Waals surface area contributed by atoms with Crippen molar-refractivity contribution in [3.63, 3.8) is 0 Å². The van der Waals surface area contributed by atoms with Crippen molar-refractivity contribution in [2.24, 2.45) is 0 Å². The molecule has 0 fully saturated rings. The summed E-state index contributed by atoms with van der Waals surface area (Å²) >= 11 is 5.86. The summed E-state index contributed by atoms with van der Waals surface area (Å²) in [6.45, 7) is 0.160. The molecule has 2 aromatic carbocycles. The van der Waals surface area contributed by atoms with Gasteiger partial charge >= 0.3 is 5.97 Å². The van der Waals surface area contributed by atoms with Gasteiger partial charge in [-0.15, -0.1) is 0 Å². The molecule has 26 heavy (non-hydrogen) atoms. The second-order valence-corrected chi connectivity index (χ2v) is 5.76. The Morgan fingerprint density at radius 2 is 2.00 bits per heavy atom. The summed E-state index contributed by atoms with van der Waals surface area (Å²) in [6.07, 6.45) is 1.65. The Bertz CT molecular complexity index is 878. The summed E-state index contributed by atoms with van der Waals surface area (Å²) in [4.78, 5) is 35.0. The fraction of sp³-hybridized carbons (Fsp3) is 0.105. The molecule has 0 aliphatic carbocycles. The zero-order valence-corrected chi connectivity index (χ0v) is 14.7. The summed E-state index contributed by atoms with van der Waals surface area (Å²) < 4.78 is 4.67. The highest BCUT2D eigenvalue weighted by Gasteiger charge is 2.15. The van der Waals surface area contributed by atoms with Gasteiger partial charge in [-0.05, 0) is 35.9 Å². The Labute approximate surface area is 155 Å². The van der Waals surface area contributed by atoms with Crippen LogP contribution in [0.25, 0.3) is 5.57 Å². The number of nitrogen functional groups attached to an aromatic ring is 1. The van der Waals surface area contributed by atoms with Crippen molar-refractivity contribution in [3.05, 3.63) is 70.3 Å². The average Bonchev–Trinajstić information content (AvgIpc) is 2.64. The number of carbonyl (C=O) groups is 3. The van der Waals surface area contributed by atoms with Gasteiger partial charge in [-0.3, -0.25) is 9.59 Å². The lowest BCUT2D eigenvalue weighted by Gasteiger charge is -2.11. The van der Waals surface area contributed by atoms with Gasteiger partial charge in [-0.1, -0.05) is 29.8 Å². The molecule has 2 aromatic rings. The highest BCUT2D eigenvalue weighted by atomic mass is 35.5. The van der Waals surface area contributed by atoms with Crippen molar-refractivity contribution >= 4 is 41.0 Å². The second kappa shape index (κ2) is 8.82. The van der Waals surface area contributed by atoms with E-state index in [9.17, 15) is 14.4 Å². The van der Waals surface area contributed by atoms with Crippen molar-refractivity contribution in [3.8, 4) is 0 Å². The molecule has 0 bridgehead atoms. The number of amides is 1. The number of esters is 1. The van der Waals surface area contributed by atoms with Gasteiger partial charge in [0, 0.05) is 22.8 Å². The highest BCUT2D eigenvalue weighted by molar-refractivity contribution is 6.31. The van der Waals surface area contributed by atoms with E-state index in [1.165, 1.54) is 13.2 Å². The van der Waals surface area contributed by atoms with Crippen molar-refractivity contribution in [2.45, 2.75) is 6.54 Å². The largest absolute Gasteiger partial charge is 0.465 e. The van der Waals surface area contributed by atoms with Gasteiger partial charge in [0.25, 0.3) is 5.91 Å². The number of ether oxygens (including phenoxy) is 1. The topological polar surface area (TPSA) is 98.5 Å². The van der Waals surface area contributed by atoms with Crippen LogP contribution >= 0.6 is 11.6 Å². The highest BCUT2D eigenvalue weighted by Crippen LogP contribution is 2.25. The molecule has 0 aliphatic rings. The van der Waals surface area contributed by atoms with E-state index < -0.39 is 11.9 Å². The number of nitrogens with two attached hydrogens (primary N) is 1. The first kappa shape index (κ1) is 19.2. The molecule has 0 aliphatic heterocycles. The molecule has 0 saturated heterocycles. The predicted molar refractivity (Wildman–Crippen MR) is 99.5 cm³/mol. The molecule has 0 heterocycles. The minimum atomic E-state index is -0.477. The molecular formula is C19H17ClN2O4. The molecule has 2 rings (SSSR count). The molecule has 0 aromatic heterocycles. The van der Waals surface area contributed by atoms with E-state index in [4.69, 9.17) is 17.3 Å². The molecular weight excluding hydrogens is 356 g/mol. The van der Waals surface area contributed by atoms with Crippen molar-refractivity contribution in [1.29, 1.82) is 0 Å².